The summed E-state index contributed by atoms with van der Waals surface area (Å²) in [5.74, 6) is 0. The Labute approximate surface area is 412 Å². The quantitative estimate of drug-likeness (QED) is 0.116. The van der Waals surface area contributed by atoms with Gasteiger partial charge in [0.2, 0.25) is 0 Å². The van der Waals surface area contributed by atoms with Crippen molar-refractivity contribution in [1.29, 1.82) is 0 Å². The van der Waals surface area contributed by atoms with Crippen molar-refractivity contribution >= 4 is 49.3 Å². The van der Waals surface area contributed by atoms with Gasteiger partial charge in [-0.3, -0.25) is 0 Å². The molecule has 0 saturated heterocycles. The van der Waals surface area contributed by atoms with Crippen molar-refractivity contribution in [2.24, 2.45) is 0 Å². The van der Waals surface area contributed by atoms with E-state index in [-0.39, 0.29) is 16.8 Å². The number of aryl methyl sites for hydroxylation is 3. The van der Waals surface area contributed by atoms with Gasteiger partial charge in [0.15, 0.2) is 5.69 Å². The van der Waals surface area contributed by atoms with Gasteiger partial charge in [0, 0.05) is 27.2 Å². The van der Waals surface area contributed by atoms with Gasteiger partial charge in [-0.15, -0.1) is 0 Å². The Morgan fingerprint density at radius 2 is 0.918 bits per heavy atom. The van der Waals surface area contributed by atoms with E-state index < -0.39 is 35.2 Å². The van der Waals surface area contributed by atoms with Gasteiger partial charge in [0.25, 0.3) is 0 Å². The van der Waals surface area contributed by atoms with E-state index in [9.17, 15) is 39.5 Å². The first-order chi connectivity index (χ1) is 34.8. The fourth-order valence-electron chi connectivity index (χ4n) is 10.4. The van der Waals surface area contributed by atoms with Crippen LogP contribution >= 0.6 is 0 Å². The van der Waals surface area contributed by atoms with Crippen molar-refractivity contribution in [3.05, 3.63) is 221 Å². The molecular weight excluding hydrogens is 946 g/mol. The molecule has 11 aromatic rings. The summed E-state index contributed by atoms with van der Waals surface area (Å²) in [6.07, 6.45) is -13.8. The van der Waals surface area contributed by atoms with Crippen LogP contribution in [0.15, 0.2) is 176 Å². The lowest BCUT2D eigenvalue weighted by Crippen LogP contribution is -2.08. The third kappa shape index (κ3) is 8.15. The molecule has 0 unspecified atom stereocenters. The molecule has 0 aliphatic carbocycles. The molecule has 0 fully saturated rings. The second-order valence-electron chi connectivity index (χ2n) is 18.4. The van der Waals surface area contributed by atoms with Gasteiger partial charge in [-0.25, -0.2) is 4.85 Å². The van der Waals surface area contributed by atoms with Crippen molar-refractivity contribution in [2.75, 3.05) is 0 Å². The van der Waals surface area contributed by atoms with Crippen LogP contribution in [0.3, 0.4) is 0 Å². The zero-order valence-electron chi connectivity index (χ0n) is 39.0. The molecule has 0 spiro atoms. The van der Waals surface area contributed by atoms with Crippen LogP contribution in [0.25, 0.3) is 104 Å². The minimum atomic E-state index is -4.71. The van der Waals surface area contributed by atoms with Crippen molar-refractivity contribution in [2.45, 2.75) is 39.3 Å². The van der Waals surface area contributed by atoms with Gasteiger partial charge in [0.05, 0.1) is 51.0 Å². The number of nitrogens with zero attached hydrogens (tertiary/aromatic N) is 3. The smallest absolute Gasteiger partial charge is 0.309 e. The summed E-state index contributed by atoms with van der Waals surface area (Å²) in [6.45, 7) is 13.3. The molecule has 0 aliphatic rings. The molecule has 0 N–H and O–H groups in total. The van der Waals surface area contributed by atoms with Gasteiger partial charge in [-0.05, 0) is 173 Å². The lowest BCUT2D eigenvalue weighted by Gasteiger charge is -2.20. The number of rotatable bonds is 6. The molecule has 11 rings (SSSR count). The summed E-state index contributed by atoms with van der Waals surface area (Å²) in [7, 11) is 0. The average Bonchev–Trinajstić information content (AvgIpc) is 3.87. The Morgan fingerprint density at radius 3 is 1.47 bits per heavy atom. The van der Waals surface area contributed by atoms with E-state index in [0.29, 0.717) is 83.4 Å². The average molecular weight is 984 g/mol. The highest BCUT2D eigenvalue weighted by Crippen LogP contribution is 2.47. The van der Waals surface area contributed by atoms with Gasteiger partial charge >= 0.3 is 18.5 Å². The summed E-state index contributed by atoms with van der Waals surface area (Å²) in [5.41, 5.74) is 6.01. The van der Waals surface area contributed by atoms with E-state index in [1.165, 1.54) is 6.07 Å². The number of benzene rings is 9. The normalized spacial score (nSPS) is 12.4. The van der Waals surface area contributed by atoms with Crippen LogP contribution < -0.4 is 0 Å². The van der Waals surface area contributed by atoms with Crippen LogP contribution in [0.4, 0.5) is 45.2 Å². The molecule has 12 heteroatoms. The van der Waals surface area contributed by atoms with E-state index in [2.05, 4.69) is 4.85 Å². The molecule has 73 heavy (non-hydrogen) atoms. The maximum Gasteiger partial charge on any atom is 0.417 e. The van der Waals surface area contributed by atoms with Crippen LogP contribution in [0.5, 0.6) is 0 Å². The number of halogens is 9. The lowest BCUT2D eigenvalue weighted by molar-refractivity contribution is -0.138. The van der Waals surface area contributed by atoms with E-state index >= 15 is 0 Å². The maximum atomic E-state index is 14.9. The predicted molar refractivity (Wildman–Crippen MR) is 272 cm³/mol. The molecule has 360 valence electrons. The minimum absolute atomic E-state index is 0.0271. The summed E-state index contributed by atoms with van der Waals surface area (Å²) in [6, 6.07) is 48.2. The maximum absolute atomic E-state index is 14.9. The molecule has 9 aromatic carbocycles. The fourth-order valence-corrected chi connectivity index (χ4v) is 10.4. The first-order valence-corrected chi connectivity index (χ1v) is 23.1. The summed E-state index contributed by atoms with van der Waals surface area (Å²) >= 11 is 0. The third-order valence-electron chi connectivity index (χ3n) is 13.6. The molecule has 0 saturated carbocycles. The molecule has 0 atom stereocenters. The predicted octanol–water partition coefficient (Wildman–Crippen LogP) is 19.1. The van der Waals surface area contributed by atoms with Crippen LogP contribution in [0.2, 0.25) is 0 Å². The Morgan fingerprint density at radius 1 is 0.397 bits per heavy atom. The van der Waals surface area contributed by atoms with E-state index in [0.717, 1.165) is 52.0 Å². The monoisotopic (exact) mass is 983 g/mol. The second-order valence-corrected chi connectivity index (χ2v) is 18.4. The van der Waals surface area contributed by atoms with Gasteiger partial charge in [-0.1, -0.05) is 84.9 Å². The first-order valence-electron chi connectivity index (χ1n) is 23.1. The summed E-state index contributed by atoms with van der Waals surface area (Å²) in [4.78, 5) is 3.96. The summed E-state index contributed by atoms with van der Waals surface area (Å²) < 4.78 is 133. The number of para-hydroxylation sites is 2. The van der Waals surface area contributed by atoms with E-state index in [4.69, 9.17) is 6.57 Å². The largest absolute Gasteiger partial charge is 0.417 e. The zero-order chi connectivity index (χ0) is 51.3. The number of hydrogen-bond donors (Lipinski definition) is 0. The number of fused-ring (bicyclic) bond motifs is 6. The SMILES string of the molecule is [C-]#[N+]c1ccc(-n2c3ccccc3c3cc(-c4cc(C)cc(C(F)(F)F)c4)ccc32)cc1-c1cc(-c2c(C)cccc2C(F)(F)F)ccc1-n1c2ccccc2c2cc(-c3cc(C)cc(C(F)(F)F)c3)ccc21. The molecule has 0 amide bonds. The van der Waals surface area contributed by atoms with Crippen molar-refractivity contribution in [1.82, 2.24) is 9.13 Å². The number of aromatic nitrogens is 2. The first kappa shape index (κ1) is 46.8. The zero-order valence-corrected chi connectivity index (χ0v) is 39.0. The third-order valence-corrected chi connectivity index (χ3v) is 13.6. The van der Waals surface area contributed by atoms with Crippen molar-refractivity contribution < 1.29 is 39.5 Å². The molecule has 0 aliphatic heterocycles. The Balaban J connectivity index is 1.17. The van der Waals surface area contributed by atoms with Crippen LogP contribution in [-0.2, 0) is 18.5 Å². The van der Waals surface area contributed by atoms with Crippen LogP contribution in [0, 0.1) is 27.3 Å². The Hall–Kier alpha value is -8.56. The van der Waals surface area contributed by atoms with Gasteiger partial charge in [-0.2, -0.15) is 39.5 Å². The Bertz CT molecular complexity index is 4100. The highest BCUT2D eigenvalue weighted by Gasteiger charge is 2.35. The van der Waals surface area contributed by atoms with Gasteiger partial charge in [0.1, 0.15) is 0 Å². The highest BCUT2D eigenvalue weighted by atomic mass is 19.4. The molecule has 2 aromatic heterocycles. The Kier molecular flexibility index (Phi) is 10.9. The highest BCUT2D eigenvalue weighted by molar-refractivity contribution is 6.12. The number of hydrogen-bond acceptors (Lipinski definition) is 0. The molecule has 3 nitrogen and oxygen atoms in total. The number of alkyl halides is 9. The molecule has 2 heterocycles. The molecular formula is C61H38F9N3. The van der Waals surface area contributed by atoms with Crippen LogP contribution in [-0.4, -0.2) is 9.13 Å². The molecule has 0 bridgehead atoms. The fraction of sp³-hybridized carbons (Fsp3) is 0.0984. The summed E-state index contributed by atoms with van der Waals surface area (Å²) in [5, 5.41) is 3.04. The lowest BCUT2D eigenvalue weighted by atomic mass is 9.91. The minimum Gasteiger partial charge on any atom is -0.309 e. The van der Waals surface area contributed by atoms with E-state index in [1.807, 2.05) is 88.0 Å². The van der Waals surface area contributed by atoms with Gasteiger partial charge < -0.3 is 9.13 Å². The topological polar surface area (TPSA) is 14.2 Å². The standard InChI is InChI=1S/C61H38F9N3/c1-34-24-40(28-42(26-34)59(62,63)64)37-16-21-55-48(30-37)45-11-5-7-14-53(45)72(55)44-19-20-52(71-4)47(33-44)50-32-39(58-36(3)10-9-13-51(58)61(68,69)70)18-23-57(50)73-54-15-8-6-12-46(54)49-31-38(17-22-56(49)73)41-25-35(2)27-43(29-41)60(65,66)67/h5-33H,1-3H3. The van der Waals surface area contributed by atoms with Crippen molar-refractivity contribution in [3.8, 4) is 55.9 Å². The molecule has 0 radical (unpaired) electrons. The second kappa shape index (κ2) is 17.1. The van der Waals surface area contributed by atoms with Crippen LogP contribution in [0.1, 0.15) is 33.4 Å². The van der Waals surface area contributed by atoms with E-state index in [1.54, 1.807) is 81.4 Å². The van der Waals surface area contributed by atoms with Crippen molar-refractivity contribution in [3.63, 3.8) is 0 Å².